The topological polar surface area (TPSA) is 51.0 Å². The van der Waals surface area contributed by atoms with Gasteiger partial charge in [-0.3, -0.25) is 0 Å². The van der Waals surface area contributed by atoms with Gasteiger partial charge in [-0.15, -0.1) is 0 Å². The maximum atomic E-state index is 4.69. The molecule has 0 spiro atoms. The molecule has 1 heterocycles. The highest BCUT2D eigenvalue weighted by molar-refractivity contribution is 4.79. The van der Waals surface area contributed by atoms with Crippen molar-refractivity contribution in [2.24, 2.45) is 5.92 Å². The Hall–Kier alpha value is -0.900. The van der Waals surface area contributed by atoms with Crippen molar-refractivity contribution in [3.05, 3.63) is 12.2 Å². The van der Waals surface area contributed by atoms with Crippen molar-refractivity contribution in [1.29, 1.82) is 0 Å². The molecule has 2 unspecified atom stereocenters. The monoisotopic (exact) mass is 225 g/mol. The summed E-state index contributed by atoms with van der Waals surface area (Å²) in [7, 11) is 0. The summed E-state index contributed by atoms with van der Waals surface area (Å²) >= 11 is 0. The Labute approximate surface area is 97.8 Å². The van der Waals surface area contributed by atoms with Gasteiger partial charge >= 0.3 is 0 Å². The van der Waals surface area contributed by atoms with Gasteiger partial charge in [0.15, 0.2) is 5.82 Å². The minimum Gasteiger partial charge on any atom is -0.343 e. The summed E-state index contributed by atoms with van der Waals surface area (Å²) in [5.41, 5.74) is 0. The third-order valence-corrected chi connectivity index (χ3v) is 3.07. The molecule has 1 aromatic heterocycles. The molecular weight excluding hydrogens is 202 g/mol. The van der Waals surface area contributed by atoms with Crippen LogP contribution in [0.2, 0.25) is 0 Å². The molecule has 0 radical (unpaired) electrons. The van der Waals surface area contributed by atoms with E-state index < -0.39 is 0 Å². The third kappa shape index (κ3) is 4.75. The van der Waals surface area contributed by atoms with Crippen LogP contribution < -0.4 is 5.32 Å². The SMILES string of the molecule is CCC(C)CC(CC)NCCc1ncon1. The molecule has 0 fully saturated rings. The predicted molar refractivity (Wildman–Crippen MR) is 64.2 cm³/mol. The molecule has 16 heavy (non-hydrogen) atoms. The molecule has 0 bridgehead atoms. The van der Waals surface area contributed by atoms with Gasteiger partial charge in [0.1, 0.15) is 0 Å². The molecule has 1 N–H and O–H groups in total. The fourth-order valence-electron chi connectivity index (χ4n) is 1.74. The van der Waals surface area contributed by atoms with E-state index in [1.54, 1.807) is 0 Å². The first-order chi connectivity index (χ1) is 7.76. The summed E-state index contributed by atoms with van der Waals surface area (Å²) in [6, 6.07) is 0.613. The van der Waals surface area contributed by atoms with Gasteiger partial charge in [-0.2, -0.15) is 4.98 Å². The Morgan fingerprint density at radius 3 is 2.75 bits per heavy atom. The summed E-state index contributed by atoms with van der Waals surface area (Å²) in [6.45, 7) is 7.71. The van der Waals surface area contributed by atoms with Crippen LogP contribution in [0.25, 0.3) is 0 Å². The van der Waals surface area contributed by atoms with Gasteiger partial charge < -0.3 is 9.84 Å². The lowest BCUT2D eigenvalue weighted by atomic mass is 9.98. The predicted octanol–water partition coefficient (Wildman–Crippen LogP) is 2.42. The second-order valence-electron chi connectivity index (χ2n) is 4.41. The van der Waals surface area contributed by atoms with Gasteiger partial charge in [-0.25, -0.2) is 0 Å². The summed E-state index contributed by atoms with van der Waals surface area (Å²) in [5.74, 6) is 1.58. The molecule has 1 aromatic rings. The summed E-state index contributed by atoms with van der Waals surface area (Å²) in [4.78, 5) is 4.00. The van der Waals surface area contributed by atoms with Crippen LogP contribution in [-0.4, -0.2) is 22.7 Å². The normalized spacial score (nSPS) is 14.9. The molecule has 0 saturated carbocycles. The van der Waals surface area contributed by atoms with E-state index >= 15 is 0 Å². The Bertz CT molecular complexity index is 261. The maximum Gasteiger partial charge on any atom is 0.213 e. The van der Waals surface area contributed by atoms with Crippen molar-refractivity contribution in [2.45, 2.75) is 52.5 Å². The largest absolute Gasteiger partial charge is 0.343 e. The first kappa shape index (κ1) is 13.2. The van der Waals surface area contributed by atoms with Crippen LogP contribution in [-0.2, 0) is 6.42 Å². The number of hydrogen-bond acceptors (Lipinski definition) is 4. The highest BCUT2D eigenvalue weighted by Crippen LogP contribution is 2.11. The molecule has 0 aliphatic heterocycles. The Morgan fingerprint density at radius 1 is 1.38 bits per heavy atom. The first-order valence-electron chi connectivity index (χ1n) is 6.24. The average Bonchev–Trinajstić information content (AvgIpc) is 2.80. The minimum absolute atomic E-state index is 0.613. The van der Waals surface area contributed by atoms with E-state index in [0.29, 0.717) is 6.04 Å². The van der Waals surface area contributed by atoms with Gasteiger partial charge in [-0.1, -0.05) is 32.3 Å². The fraction of sp³-hybridized carbons (Fsp3) is 0.833. The van der Waals surface area contributed by atoms with Gasteiger partial charge in [0, 0.05) is 19.0 Å². The van der Waals surface area contributed by atoms with Crippen LogP contribution in [0.15, 0.2) is 10.9 Å². The number of aromatic nitrogens is 2. The molecule has 4 heteroatoms. The Kier molecular flexibility index (Phi) is 6.08. The summed E-state index contributed by atoms with van der Waals surface area (Å²) in [6.07, 6.45) is 5.90. The molecule has 0 aliphatic rings. The van der Waals surface area contributed by atoms with Crippen molar-refractivity contribution in [2.75, 3.05) is 6.54 Å². The van der Waals surface area contributed by atoms with Crippen LogP contribution in [0.5, 0.6) is 0 Å². The second kappa shape index (κ2) is 7.39. The minimum atomic E-state index is 0.613. The van der Waals surface area contributed by atoms with Crippen LogP contribution in [0.4, 0.5) is 0 Å². The molecule has 0 saturated heterocycles. The summed E-state index contributed by atoms with van der Waals surface area (Å²) < 4.78 is 4.69. The first-order valence-corrected chi connectivity index (χ1v) is 6.24. The van der Waals surface area contributed by atoms with Crippen LogP contribution in [0, 0.1) is 5.92 Å². The number of nitrogens with zero attached hydrogens (tertiary/aromatic N) is 2. The molecule has 4 nitrogen and oxygen atoms in total. The Morgan fingerprint density at radius 2 is 2.19 bits per heavy atom. The number of nitrogens with one attached hydrogen (secondary N) is 1. The van der Waals surface area contributed by atoms with Gasteiger partial charge in [0.05, 0.1) is 0 Å². The smallest absolute Gasteiger partial charge is 0.213 e. The lowest BCUT2D eigenvalue weighted by Gasteiger charge is -2.19. The molecular formula is C12H23N3O. The molecule has 1 rings (SSSR count). The fourth-order valence-corrected chi connectivity index (χ4v) is 1.74. The van der Waals surface area contributed by atoms with E-state index in [0.717, 1.165) is 24.7 Å². The van der Waals surface area contributed by atoms with E-state index in [2.05, 4.69) is 36.2 Å². The van der Waals surface area contributed by atoms with Gasteiger partial charge in [0.25, 0.3) is 0 Å². The van der Waals surface area contributed by atoms with E-state index in [1.165, 1.54) is 25.7 Å². The molecule has 0 amide bonds. The van der Waals surface area contributed by atoms with Crippen molar-refractivity contribution in [3.8, 4) is 0 Å². The van der Waals surface area contributed by atoms with Crippen LogP contribution in [0.1, 0.15) is 45.9 Å². The van der Waals surface area contributed by atoms with Crippen molar-refractivity contribution >= 4 is 0 Å². The van der Waals surface area contributed by atoms with E-state index in [-0.39, 0.29) is 0 Å². The zero-order valence-corrected chi connectivity index (χ0v) is 10.6. The van der Waals surface area contributed by atoms with Crippen molar-refractivity contribution < 1.29 is 4.52 Å². The number of hydrogen-bond donors (Lipinski definition) is 1. The maximum absolute atomic E-state index is 4.69. The zero-order valence-electron chi connectivity index (χ0n) is 10.6. The molecule has 2 atom stereocenters. The van der Waals surface area contributed by atoms with Crippen LogP contribution >= 0.6 is 0 Å². The standard InChI is InChI=1S/C12H23N3O/c1-4-10(3)8-11(5-2)13-7-6-12-14-9-16-15-12/h9-11,13H,4-8H2,1-3H3. The lowest BCUT2D eigenvalue weighted by Crippen LogP contribution is -2.32. The van der Waals surface area contributed by atoms with Gasteiger partial charge in [-0.05, 0) is 18.8 Å². The van der Waals surface area contributed by atoms with Gasteiger partial charge in [0.2, 0.25) is 6.39 Å². The number of rotatable bonds is 8. The summed E-state index contributed by atoms with van der Waals surface area (Å²) in [5, 5.41) is 7.34. The quantitative estimate of drug-likeness (QED) is 0.738. The highest BCUT2D eigenvalue weighted by Gasteiger charge is 2.09. The molecule has 0 aliphatic carbocycles. The second-order valence-corrected chi connectivity index (χ2v) is 4.41. The highest BCUT2D eigenvalue weighted by atomic mass is 16.5. The lowest BCUT2D eigenvalue weighted by molar-refractivity contribution is 0.382. The third-order valence-electron chi connectivity index (χ3n) is 3.07. The van der Waals surface area contributed by atoms with E-state index in [1.807, 2.05) is 0 Å². The van der Waals surface area contributed by atoms with Crippen LogP contribution in [0.3, 0.4) is 0 Å². The van der Waals surface area contributed by atoms with E-state index in [9.17, 15) is 0 Å². The average molecular weight is 225 g/mol. The molecule has 92 valence electrons. The van der Waals surface area contributed by atoms with Crippen molar-refractivity contribution in [1.82, 2.24) is 15.5 Å². The van der Waals surface area contributed by atoms with Crippen molar-refractivity contribution in [3.63, 3.8) is 0 Å². The van der Waals surface area contributed by atoms with E-state index in [4.69, 9.17) is 4.52 Å². The molecule has 0 aromatic carbocycles. The zero-order chi connectivity index (χ0) is 11.8. The Balaban J connectivity index is 2.18.